The maximum Gasteiger partial charge on any atom is 0.268 e. The zero-order chi connectivity index (χ0) is 23.3. The summed E-state index contributed by atoms with van der Waals surface area (Å²) in [6.07, 6.45) is 3.04. The first-order valence-corrected chi connectivity index (χ1v) is 10.7. The van der Waals surface area contributed by atoms with Crippen molar-refractivity contribution in [2.24, 2.45) is 0 Å². The van der Waals surface area contributed by atoms with Crippen LogP contribution in [-0.2, 0) is 10.2 Å². The third-order valence-corrected chi connectivity index (χ3v) is 5.26. The zero-order valence-electron chi connectivity index (χ0n) is 19.2. The highest BCUT2D eigenvalue weighted by Crippen LogP contribution is 2.24. The summed E-state index contributed by atoms with van der Waals surface area (Å²) >= 11 is 0. The molecule has 0 saturated carbocycles. The van der Waals surface area contributed by atoms with Crippen molar-refractivity contribution in [3.05, 3.63) is 101 Å². The van der Waals surface area contributed by atoms with Gasteiger partial charge in [-0.3, -0.25) is 9.59 Å². The summed E-state index contributed by atoms with van der Waals surface area (Å²) in [4.78, 5) is 25.8. The molecular weight excluding hydrogens is 400 g/mol. The molecule has 0 bridgehead atoms. The largest absolute Gasteiger partial charge is 0.465 e. The van der Waals surface area contributed by atoms with Crippen LogP contribution in [0, 0.1) is 6.92 Å². The molecule has 2 amide bonds. The van der Waals surface area contributed by atoms with Crippen molar-refractivity contribution in [1.29, 1.82) is 0 Å². The Kier molecular flexibility index (Phi) is 6.98. The van der Waals surface area contributed by atoms with Gasteiger partial charge in [-0.15, -0.1) is 0 Å². The Morgan fingerprint density at radius 3 is 2.19 bits per heavy atom. The first kappa shape index (κ1) is 23.1. The number of carbonyl (C=O) groups excluding carboxylic acids is 2. The van der Waals surface area contributed by atoms with Gasteiger partial charge in [0.05, 0.1) is 12.3 Å². The Morgan fingerprint density at radius 1 is 0.969 bits per heavy atom. The first-order chi connectivity index (χ1) is 15.1. The van der Waals surface area contributed by atoms with Crippen molar-refractivity contribution in [3.8, 4) is 0 Å². The minimum absolute atomic E-state index is 0.0597. The number of amides is 2. The second-order valence-electron chi connectivity index (χ2n) is 8.96. The van der Waals surface area contributed by atoms with Gasteiger partial charge in [0.2, 0.25) is 0 Å². The highest BCUT2D eigenvalue weighted by molar-refractivity contribution is 6.05. The molecule has 0 spiro atoms. The number of carbonyl (C=O) groups is 2. The number of hydrogen-bond donors (Lipinski definition) is 2. The standard InChI is InChI=1S/C27H30N2O3/c1-18-8-10-21(11-9-18)25(30)29-24(17-23-7-6-16-32-23)26(31)28-19(2)20-12-14-22(15-13-20)27(3,4)5/h6-17,19H,1-5H3,(H,28,31)(H,29,30)/b24-17-/t19-/m0/s1. The van der Waals surface area contributed by atoms with Gasteiger partial charge in [-0.25, -0.2) is 0 Å². The summed E-state index contributed by atoms with van der Waals surface area (Å²) in [5.41, 5.74) is 3.90. The van der Waals surface area contributed by atoms with Gasteiger partial charge in [-0.1, -0.05) is 62.7 Å². The van der Waals surface area contributed by atoms with Crippen LogP contribution in [0.2, 0.25) is 0 Å². The zero-order valence-corrected chi connectivity index (χ0v) is 19.2. The lowest BCUT2D eigenvalue weighted by atomic mass is 9.86. The number of furan rings is 1. The molecule has 5 nitrogen and oxygen atoms in total. The highest BCUT2D eigenvalue weighted by Gasteiger charge is 2.19. The fraction of sp³-hybridized carbons (Fsp3) is 0.259. The van der Waals surface area contributed by atoms with Gasteiger partial charge in [0, 0.05) is 11.6 Å². The van der Waals surface area contributed by atoms with Crippen LogP contribution in [0.5, 0.6) is 0 Å². The summed E-state index contributed by atoms with van der Waals surface area (Å²) in [6, 6.07) is 18.6. The van der Waals surface area contributed by atoms with E-state index in [0.717, 1.165) is 11.1 Å². The van der Waals surface area contributed by atoms with Crippen LogP contribution < -0.4 is 10.6 Å². The molecule has 2 N–H and O–H groups in total. The Labute approximate surface area is 189 Å². The average molecular weight is 431 g/mol. The topological polar surface area (TPSA) is 71.3 Å². The van der Waals surface area contributed by atoms with Crippen LogP contribution in [-0.4, -0.2) is 11.8 Å². The van der Waals surface area contributed by atoms with E-state index in [9.17, 15) is 9.59 Å². The van der Waals surface area contributed by atoms with Crippen LogP contribution >= 0.6 is 0 Å². The van der Waals surface area contributed by atoms with Gasteiger partial charge in [-0.2, -0.15) is 0 Å². The summed E-state index contributed by atoms with van der Waals surface area (Å²) in [5.74, 6) is -0.282. The minimum Gasteiger partial charge on any atom is -0.465 e. The fourth-order valence-electron chi connectivity index (χ4n) is 3.20. The number of hydrogen-bond acceptors (Lipinski definition) is 3. The SMILES string of the molecule is Cc1ccc(C(=O)N/C(=C\c2ccco2)C(=O)N[C@@H](C)c2ccc(C(C)(C)C)cc2)cc1. The van der Waals surface area contributed by atoms with Crippen LogP contribution in [0.25, 0.3) is 6.08 Å². The first-order valence-electron chi connectivity index (χ1n) is 10.7. The quantitative estimate of drug-likeness (QED) is 0.505. The second-order valence-corrected chi connectivity index (χ2v) is 8.96. The fourth-order valence-corrected chi connectivity index (χ4v) is 3.20. The maximum absolute atomic E-state index is 13.1. The van der Waals surface area contributed by atoms with E-state index in [4.69, 9.17) is 4.42 Å². The van der Waals surface area contributed by atoms with Gasteiger partial charge in [0.1, 0.15) is 11.5 Å². The molecule has 5 heteroatoms. The summed E-state index contributed by atoms with van der Waals surface area (Å²) in [5, 5.41) is 5.70. The predicted molar refractivity (Wildman–Crippen MR) is 127 cm³/mol. The molecule has 0 saturated heterocycles. The van der Waals surface area contributed by atoms with E-state index in [1.165, 1.54) is 17.9 Å². The number of rotatable bonds is 6. The van der Waals surface area contributed by atoms with E-state index >= 15 is 0 Å². The monoisotopic (exact) mass is 430 g/mol. The van der Waals surface area contributed by atoms with Crippen LogP contribution in [0.1, 0.15) is 66.5 Å². The Hall–Kier alpha value is -3.60. The van der Waals surface area contributed by atoms with Crippen molar-refractivity contribution < 1.29 is 14.0 Å². The van der Waals surface area contributed by atoms with Crippen LogP contribution in [0.3, 0.4) is 0 Å². The summed E-state index contributed by atoms with van der Waals surface area (Å²) in [6.45, 7) is 10.4. The highest BCUT2D eigenvalue weighted by atomic mass is 16.3. The molecule has 2 aromatic carbocycles. The molecule has 1 aromatic heterocycles. The molecule has 3 aromatic rings. The molecule has 0 aliphatic rings. The second kappa shape index (κ2) is 9.69. The lowest BCUT2D eigenvalue weighted by molar-refractivity contribution is -0.118. The lowest BCUT2D eigenvalue weighted by Crippen LogP contribution is -2.36. The summed E-state index contributed by atoms with van der Waals surface area (Å²) in [7, 11) is 0. The molecule has 0 radical (unpaired) electrons. The Morgan fingerprint density at radius 2 is 1.62 bits per heavy atom. The van der Waals surface area contributed by atoms with Crippen molar-refractivity contribution >= 4 is 17.9 Å². The van der Waals surface area contributed by atoms with E-state index in [2.05, 4.69) is 43.5 Å². The normalized spacial score (nSPS) is 12.8. The third kappa shape index (κ3) is 5.97. The average Bonchev–Trinajstić information content (AvgIpc) is 3.26. The van der Waals surface area contributed by atoms with Gasteiger partial charge in [-0.05, 0) is 54.7 Å². The van der Waals surface area contributed by atoms with E-state index in [-0.39, 0.29) is 23.1 Å². The number of aryl methyl sites for hydroxylation is 1. The molecule has 3 rings (SSSR count). The van der Waals surface area contributed by atoms with Gasteiger partial charge < -0.3 is 15.1 Å². The molecule has 0 fully saturated rings. The van der Waals surface area contributed by atoms with Gasteiger partial charge >= 0.3 is 0 Å². The molecule has 0 aliphatic heterocycles. The van der Waals surface area contributed by atoms with Gasteiger partial charge in [0.25, 0.3) is 11.8 Å². The van der Waals surface area contributed by atoms with Crippen molar-refractivity contribution in [1.82, 2.24) is 10.6 Å². The summed E-state index contributed by atoms with van der Waals surface area (Å²) < 4.78 is 5.34. The van der Waals surface area contributed by atoms with Crippen molar-refractivity contribution in [2.45, 2.75) is 46.1 Å². The van der Waals surface area contributed by atoms with E-state index in [1.807, 2.05) is 38.1 Å². The Balaban J connectivity index is 1.78. The number of nitrogens with one attached hydrogen (secondary N) is 2. The molecule has 0 unspecified atom stereocenters. The van der Waals surface area contributed by atoms with Gasteiger partial charge in [0.15, 0.2) is 0 Å². The molecule has 166 valence electrons. The van der Waals surface area contributed by atoms with Crippen LogP contribution in [0.4, 0.5) is 0 Å². The lowest BCUT2D eigenvalue weighted by Gasteiger charge is -2.21. The van der Waals surface area contributed by atoms with E-state index in [0.29, 0.717) is 11.3 Å². The molecular formula is C27H30N2O3. The molecule has 32 heavy (non-hydrogen) atoms. The third-order valence-electron chi connectivity index (χ3n) is 5.26. The molecule has 0 aliphatic carbocycles. The minimum atomic E-state index is -0.394. The maximum atomic E-state index is 13.1. The van der Waals surface area contributed by atoms with Crippen LogP contribution in [0.15, 0.2) is 77.0 Å². The van der Waals surface area contributed by atoms with Crippen molar-refractivity contribution in [2.75, 3.05) is 0 Å². The Bertz CT molecular complexity index is 1090. The molecule has 1 atom stereocenters. The molecule has 1 heterocycles. The predicted octanol–water partition coefficient (Wildman–Crippen LogP) is 5.53. The van der Waals surface area contributed by atoms with Crippen molar-refractivity contribution in [3.63, 3.8) is 0 Å². The number of benzene rings is 2. The smallest absolute Gasteiger partial charge is 0.268 e. The van der Waals surface area contributed by atoms with E-state index in [1.54, 1.807) is 24.3 Å². The van der Waals surface area contributed by atoms with E-state index < -0.39 is 5.91 Å².